The first-order valence-electron chi connectivity index (χ1n) is 6.43. The highest BCUT2D eigenvalue weighted by Crippen LogP contribution is 2.28. The lowest BCUT2D eigenvalue weighted by Crippen LogP contribution is -2.06. The van der Waals surface area contributed by atoms with E-state index in [2.05, 4.69) is 29.4 Å². The van der Waals surface area contributed by atoms with Crippen LogP contribution in [-0.2, 0) is 6.42 Å². The quantitative estimate of drug-likeness (QED) is 0.876. The third-order valence-electron chi connectivity index (χ3n) is 2.79. The van der Waals surface area contributed by atoms with Gasteiger partial charge in [0.25, 0.3) is 0 Å². The van der Waals surface area contributed by atoms with Crippen molar-refractivity contribution in [3.05, 3.63) is 34.8 Å². The SMILES string of the molecule is CC(C)Cc1nnc(NC(C)c2ccccc2O)s1. The van der Waals surface area contributed by atoms with Crippen molar-refractivity contribution in [1.29, 1.82) is 0 Å². The van der Waals surface area contributed by atoms with E-state index in [1.165, 1.54) is 0 Å². The van der Waals surface area contributed by atoms with E-state index in [1.807, 2.05) is 25.1 Å². The zero-order valence-electron chi connectivity index (χ0n) is 11.4. The van der Waals surface area contributed by atoms with Crippen molar-refractivity contribution in [1.82, 2.24) is 10.2 Å². The first kappa shape index (κ1) is 13.8. The summed E-state index contributed by atoms with van der Waals surface area (Å²) in [4.78, 5) is 0. The maximum absolute atomic E-state index is 9.81. The Labute approximate surface area is 117 Å². The van der Waals surface area contributed by atoms with E-state index in [0.717, 1.165) is 22.1 Å². The van der Waals surface area contributed by atoms with Crippen LogP contribution in [0.4, 0.5) is 5.13 Å². The molecule has 1 unspecified atom stereocenters. The van der Waals surface area contributed by atoms with E-state index < -0.39 is 0 Å². The molecule has 5 heteroatoms. The van der Waals surface area contributed by atoms with Crippen molar-refractivity contribution in [2.75, 3.05) is 5.32 Å². The number of hydrogen-bond acceptors (Lipinski definition) is 5. The third kappa shape index (κ3) is 3.67. The average molecular weight is 277 g/mol. The van der Waals surface area contributed by atoms with Crippen LogP contribution in [0.3, 0.4) is 0 Å². The largest absolute Gasteiger partial charge is 0.508 e. The molecule has 4 nitrogen and oxygen atoms in total. The van der Waals surface area contributed by atoms with Crippen LogP contribution in [0.15, 0.2) is 24.3 Å². The summed E-state index contributed by atoms with van der Waals surface area (Å²) in [6, 6.07) is 7.33. The molecule has 1 atom stereocenters. The Kier molecular flexibility index (Phi) is 4.37. The Morgan fingerprint density at radius 1 is 1.21 bits per heavy atom. The Bertz CT molecular complexity index is 539. The molecule has 19 heavy (non-hydrogen) atoms. The van der Waals surface area contributed by atoms with Crippen LogP contribution in [0.25, 0.3) is 0 Å². The van der Waals surface area contributed by atoms with Crippen molar-refractivity contribution in [2.24, 2.45) is 5.92 Å². The number of benzene rings is 1. The van der Waals surface area contributed by atoms with Gasteiger partial charge >= 0.3 is 0 Å². The summed E-state index contributed by atoms with van der Waals surface area (Å²) in [6.45, 7) is 6.33. The summed E-state index contributed by atoms with van der Waals surface area (Å²) in [5, 5.41) is 23.2. The van der Waals surface area contributed by atoms with Crippen LogP contribution < -0.4 is 5.32 Å². The smallest absolute Gasteiger partial charge is 0.206 e. The van der Waals surface area contributed by atoms with E-state index in [-0.39, 0.29) is 6.04 Å². The molecule has 0 aliphatic carbocycles. The van der Waals surface area contributed by atoms with E-state index in [1.54, 1.807) is 17.4 Å². The standard InChI is InChI=1S/C14H19N3OS/c1-9(2)8-13-16-17-14(19-13)15-10(3)11-6-4-5-7-12(11)18/h4-7,9-10,18H,8H2,1-3H3,(H,15,17). The molecule has 0 amide bonds. The minimum atomic E-state index is 0.000972. The molecule has 1 aromatic carbocycles. The van der Waals surface area contributed by atoms with E-state index >= 15 is 0 Å². The van der Waals surface area contributed by atoms with Gasteiger partial charge in [0, 0.05) is 12.0 Å². The van der Waals surface area contributed by atoms with Gasteiger partial charge in [-0.05, 0) is 18.9 Å². The van der Waals surface area contributed by atoms with Gasteiger partial charge in [-0.15, -0.1) is 10.2 Å². The van der Waals surface area contributed by atoms with Crippen LogP contribution in [0.1, 0.15) is 37.4 Å². The zero-order chi connectivity index (χ0) is 13.8. The van der Waals surface area contributed by atoms with Crippen molar-refractivity contribution in [2.45, 2.75) is 33.2 Å². The van der Waals surface area contributed by atoms with Gasteiger partial charge in [-0.3, -0.25) is 0 Å². The lowest BCUT2D eigenvalue weighted by molar-refractivity contribution is 0.465. The number of para-hydroxylation sites is 1. The number of aromatic hydroxyl groups is 1. The highest BCUT2D eigenvalue weighted by Gasteiger charge is 2.12. The summed E-state index contributed by atoms with van der Waals surface area (Å²) in [5.41, 5.74) is 0.864. The van der Waals surface area contributed by atoms with Crippen molar-refractivity contribution >= 4 is 16.5 Å². The van der Waals surface area contributed by atoms with Gasteiger partial charge in [0.05, 0.1) is 6.04 Å². The predicted octanol–water partition coefficient (Wildman–Crippen LogP) is 3.62. The second kappa shape index (κ2) is 6.02. The molecule has 2 rings (SSSR count). The van der Waals surface area contributed by atoms with Crippen molar-refractivity contribution in [3.8, 4) is 5.75 Å². The lowest BCUT2D eigenvalue weighted by atomic mass is 10.1. The summed E-state index contributed by atoms with van der Waals surface area (Å²) in [5.74, 6) is 0.880. The maximum atomic E-state index is 9.81. The summed E-state index contributed by atoms with van der Waals surface area (Å²) < 4.78 is 0. The monoisotopic (exact) mass is 277 g/mol. The Morgan fingerprint density at radius 2 is 1.95 bits per heavy atom. The van der Waals surface area contributed by atoms with Gasteiger partial charge in [0.2, 0.25) is 5.13 Å². The van der Waals surface area contributed by atoms with E-state index in [0.29, 0.717) is 11.7 Å². The molecular formula is C14H19N3OS. The van der Waals surface area contributed by atoms with Crippen LogP contribution >= 0.6 is 11.3 Å². The number of nitrogens with zero attached hydrogens (tertiary/aromatic N) is 2. The van der Waals surface area contributed by atoms with Crippen LogP contribution in [-0.4, -0.2) is 15.3 Å². The number of anilines is 1. The molecule has 2 N–H and O–H groups in total. The minimum absolute atomic E-state index is 0.000972. The van der Waals surface area contributed by atoms with E-state index in [9.17, 15) is 5.11 Å². The predicted molar refractivity (Wildman–Crippen MR) is 78.6 cm³/mol. The molecule has 0 fully saturated rings. The molecule has 2 aromatic rings. The third-order valence-corrected chi connectivity index (χ3v) is 3.67. The molecule has 0 saturated carbocycles. The number of hydrogen-bond donors (Lipinski definition) is 2. The van der Waals surface area contributed by atoms with Gasteiger partial charge < -0.3 is 10.4 Å². The molecule has 0 spiro atoms. The Morgan fingerprint density at radius 3 is 2.63 bits per heavy atom. The summed E-state index contributed by atoms with van der Waals surface area (Å²) >= 11 is 1.58. The Hall–Kier alpha value is -1.62. The second-order valence-electron chi connectivity index (χ2n) is 5.02. The molecule has 102 valence electrons. The van der Waals surface area contributed by atoms with Gasteiger partial charge in [-0.1, -0.05) is 43.4 Å². The van der Waals surface area contributed by atoms with E-state index in [4.69, 9.17) is 0 Å². The fourth-order valence-electron chi connectivity index (χ4n) is 1.86. The van der Waals surface area contributed by atoms with Crippen molar-refractivity contribution in [3.63, 3.8) is 0 Å². The highest BCUT2D eigenvalue weighted by atomic mass is 32.1. The number of nitrogens with one attached hydrogen (secondary N) is 1. The topological polar surface area (TPSA) is 58.0 Å². The van der Waals surface area contributed by atoms with Gasteiger partial charge in [-0.2, -0.15) is 0 Å². The number of aromatic nitrogens is 2. The number of rotatable bonds is 5. The second-order valence-corrected chi connectivity index (χ2v) is 6.09. The van der Waals surface area contributed by atoms with Crippen molar-refractivity contribution < 1.29 is 5.11 Å². The van der Waals surface area contributed by atoms with Crippen LogP contribution in [0.5, 0.6) is 5.75 Å². The molecular weight excluding hydrogens is 258 g/mol. The first-order valence-corrected chi connectivity index (χ1v) is 7.24. The van der Waals surface area contributed by atoms with Crippen LogP contribution in [0.2, 0.25) is 0 Å². The summed E-state index contributed by atoms with van der Waals surface area (Å²) in [7, 11) is 0. The molecule has 0 aliphatic rings. The summed E-state index contributed by atoms with van der Waals surface area (Å²) in [6.07, 6.45) is 0.949. The molecule has 1 aromatic heterocycles. The average Bonchev–Trinajstić information content (AvgIpc) is 2.76. The molecule has 0 bridgehead atoms. The fourth-order valence-corrected chi connectivity index (χ4v) is 2.90. The Balaban J connectivity index is 2.05. The first-order chi connectivity index (χ1) is 9.06. The molecule has 1 heterocycles. The number of phenols is 1. The normalized spacial score (nSPS) is 12.6. The lowest BCUT2D eigenvalue weighted by Gasteiger charge is -2.14. The maximum Gasteiger partial charge on any atom is 0.206 e. The fraction of sp³-hybridized carbons (Fsp3) is 0.429. The molecule has 0 saturated heterocycles. The minimum Gasteiger partial charge on any atom is -0.508 e. The highest BCUT2D eigenvalue weighted by molar-refractivity contribution is 7.15. The van der Waals surface area contributed by atoms with Crippen LogP contribution in [0, 0.1) is 5.92 Å². The number of phenolic OH excluding ortho intramolecular Hbond substituents is 1. The zero-order valence-corrected chi connectivity index (χ0v) is 12.2. The molecule has 0 radical (unpaired) electrons. The molecule has 0 aliphatic heterocycles. The van der Waals surface area contributed by atoms with Gasteiger partial charge in [-0.25, -0.2) is 0 Å². The van der Waals surface area contributed by atoms with Gasteiger partial charge in [0.1, 0.15) is 10.8 Å². The van der Waals surface area contributed by atoms with Gasteiger partial charge in [0.15, 0.2) is 0 Å².